The van der Waals surface area contributed by atoms with Gasteiger partial charge in [-0.25, -0.2) is 0 Å². The first-order valence-corrected chi connectivity index (χ1v) is 3.87. The predicted octanol–water partition coefficient (Wildman–Crippen LogP) is 1.30. The molecule has 2 N–H and O–H groups in total. The second-order valence-electron chi connectivity index (χ2n) is 3.14. The molecule has 0 aromatic heterocycles. The molecule has 12 heavy (non-hydrogen) atoms. The van der Waals surface area contributed by atoms with Crippen molar-refractivity contribution in [2.24, 2.45) is 11.7 Å². The SMILES string of the molecule is C[C@@H]1C[C@@H](CN)[C@@H](C(F)(F)F)O1. The zero-order valence-electron chi connectivity index (χ0n) is 6.77. The van der Waals surface area contributed by atoms with Crippen molar-refractivity contribution < 1.29 is 17.9 Å². The molecule has 3 atom stereocenters. The molecule has 0 amide bonds. The molecule has 1 rings (SSSR count). The van der Waals surface area contributed by atoms with Gasteiger partial charge in [0.25, 0.3) is 0 Å². The third-order valence-corrected chi connectivity index (χ3v) is 2.07. The number of alkyl halides is 3. The standard InChI is InChI=1S/C7H12F3NO/c1-4-2-5(3-11)6(12-4)7(8,9)10/h4-6H,2-3,11H2,1H3/t4-,5+,6+/m1/s1. The van der Waals surface area contributed by atoms with Gasteiger partial charge in [-0.1, -0.05) is 0 Å². The number of rotatable bonds is 1. The van der Waals surface area contributed by atoms with E-state index in [2.05, 4.69) is 0 Å². The monoisotopic (exact) mass is 183 g/mol. The molecule has 0 spiro atoms. The third kappa shape index (κ3) is 1.90. The van der Waals surface area contributed by atoms with Gasteiger partial charge >= 0.3 is 6.18 Å². The van der Waals surface area contributed by atoms with E-state index in [0.717, 1.165) is 0 Å². The molecule has 1 heterocycles. The van der Waals surface area contributed by atoms with Gasteiger partial charge in [0.05, 0.1) is 6.10 Å². The van der Waals surface area contributed by atoms with Crippen LogP contribution < -0.4 is 5.73 Å². The van der Waals surface area contributed by atoms with Gasteiger partial charge < -0.3 is 10.5 Å². The molecule has 0 aromatic rings. The number of hydrogen-bond donors (Lipinski definition) is 1. The number of hydrogen-bond acceptors (Lipinski definition) is 2. The van der Waals surface area contributed by atoms with Crippen molar-refractivity contribution in [3.63, 3.8) is 0 Å². The summed E-state index contributed by atoms with van der Waals surface area (Å²) in [5.74, 6) is -0.569. The highest BCUT2D eigenvalue weighted by Gasteiger charge is 2.49. The summed E-state index contributed by atoms with van der Waals surface area (Å²) >= 11 is 0. The van der Waals surface area contributed by atoms with E-state index in [-0.39, 0.29) is 12.6 Å². The molecule has 0 aromatic carbocycles. The first-order valence-electron chi connectivity index (χ1n) is 3.87. The van der Waals surface area contributed by atoms with Crippen LogP contribution in [-0.4, -0.2) is 24.9 Å². The molecule has 0 unspecified atom stereocenters. The average Bonchev–Trinajstić information content (AvgIpc) is 2.29. The van der Waals surface area contributed by atoms with Gasteiger partial charge in [0.1, 0.15) is 0 Å². The Kier molecular flexibility index (Phi) is 2.63. The van der Waals surface area contributed by atoms with Crippen molar-refractivity contribution in [1.29, 1.82) is 0 Å². The minimum atomic E-state index is -4.27. The van der Waals surface area contributed by atoms with Gasteiger partial charge in [-0.15, -0.1) is 0 Å². The van der Waals surface area contributed by atoms with Gasteiger partial charge in [0.15, 0.2) is 6.10 Å². The van der Waals surface area contributed by atoms with Gasteiger partial charge in [0.2, 0.25) is 0 Å². The maximum atomic E-state index is 12.2. The summed E-state index contributed by atoms with van der Waals surface area (Å²) < 4.78 is 41.3. The van der Waals surface area contributed by atoms with E-state index in [1.165, 1.54) is 0 Å². The Labute approximate surface area is 68.9 Å². The number of ether oxygens (including phenoxy) is 1. The van der Waals surface area contributed by atoms with Crippen LogP contribution in [0.15, 0.2) is 0 Å². The lowest BCUT2D eigenvalue weighted by Gasteiger charge is -2.19. The van der Waals surface area contributed by atoms with Crippen LogP contribution in [0.25, 0.3) is 0 Å². The van der Waals surface area contributed by atoms with E-state index in [0.29, 0.717) is 6.42 Å². The van der Waals surface area contributed by atoms with Crippen LogP contribution in [0, 0.1) is 5.92 Å². The highest BCUT2D eigenvalue weighted by Crippen LogP contribution is 2.36. The van der Waals surface area contributed by atoms with Crippen LogP contribution in [0.3, 0.4) is 0 Å². The highest BCUT2D eigenvalue weighted by molar-refractivity contribution is 4.85. The fourth-order valence-electron chi connectivity index (χ4n) is 1.53. The van der Waals surface area contributed by atoms with Crippen molar-refractivity contribution in [2.45, 2.75) is 31.7 Å². The summed E-state index contributed by atoms with van der Waals surface area (Å²) in [7, 11) is 0. The molecule has 0 bridgehead atoms. The van der Waals surface area contributed by atoms with E-state index in [4.69, 9.17) is 10.5 Å². The van der Waals surface area contributed by atoms with Crippen LogP contribution in [0.2, 0.25) is 0 Å². The lowest BCUT2D eigenvalue weighted by molar-refractivity contribution is -0.222. The van der Waals surface area contributed by atoms with E-state index < -0.39 is 18.2 Å². The van der Waals surface area contributed by atoms with Crippen LogP contribution >= 0.6 is 0 Å². The Morgan fingerprint density at radius 1 is 1.50 bits per heavy atom. The summed E-state index contributed by atoms with van der Waals surface area (Å²) in [6, 6.07) is 0. The molecular weight excluding hydrogens is 171 g/mol. The van der Waals surface area contributed by atoms with Gasteiger partial charge in [0, 0.05) is 5.92 Å². The van der Waals surface area contributed by atoms with E-state index in [9.17, 15) is 13.2 Å². The predicted molar refractivity (Wildman–Crippen MR) is 37.6 cm³/mol. The van der Waals surface area contributed by atoms with E-state index >= 15 is 0 Å². The molecule has 1 saturated heterocycles. The normalized spacial score (nSPS) is 37.2. The van der Waals surface area contributed by atoms with Crippen LogP contribution in [0.5, 0.6) is 0 Å². The Balaban J connectivity index is 2.64. The summed E-state index contributed by atoms with van der Waals surface area (Å²) in [5.41, 5.74) is 5.20. The Hall–Kier alpha value is -0.290. The van der Waals surface area contributed by atoms with Crippen LogP contribution in [0.1, 0.15) is 13.3 Å². The fraction of sp³-hybridized carbons (Fsp3) is 1.00. The van der Waals surface area contributed by atoms with Crippen LogP contribution in [-0.2, 0) is 4.74 Å². The summed E-state index contributed by atoms with van der Waals surface area (Å²) in [6.45, 7) is 1.67. The van der Waals surface area contributed by atoms with Crippen molar-refractivity contribution >= 4 is 0 Å². The largest absolute Gasteiger partial charge is 0.414 e. The highest BCUT2D eigenvalue weighted by atomic mass is 19.4. The van der Waals surface area contributed by atoms with Crippen molar-refractivity contribution in [3.05, 3.63) is 0 Å². The minimum Gasteiger partial charge on any atom is -0.365 e. The first kappa shape index (κ1) is 9.80. The van der Waals surface area contributed by atoms with Gasteiger partial charge in [-0.2, -0.15) is 13.2 Å². The lowest BCUT2D eigenvalue weighted by Crippen LogP contribution is -2.37. The number of halogens is 3. The maximum absolute atomic E-state index is 12.2. The third-order valence-electron chi connectivity index (χ3n) is 2.07. The zero-order chi connectivity index (χ0) is 9.35. The summed E-state index contributed by atoms with van der Waals surface area (Å²) in [4.78, 5) is 0. The Morgan fingerprint density at radius 2 is 2.08 bits per heavy atom. The lowest BCUT2D eigenvalue weighted by atomic mass is 10.00. The van der Waals surface area contributed by atoms with Gasteiger partial charge in [-0.05, 0) is 19.9 Å². The fourth-order valence-corrected chi connectivity index (χ4v) is 1.53. The zero-order valence-corrected chi connectivity index (χ0v) is 6.77. The summed E-state index contributed by atoms with van der Waals surface area (Å²) in [5, 5.41) is 0. The first-order chi connectivity index (χ1) is 5.45. The molecule has 5 heteroatoms. The quantitative estimate of drug-likeness (QED) is 0.665. The molecule has 72 valence electrons. The second kappa shape index (κ2) is 3.22. The van der Waals surface area contributed by atoms with Gasteiger partial charge in [-0.3, -0.25) is 0 Å². The van der Waals surface area contributed by atoms with Crippen molar-refractivity contribution in [1.82, 2.24) is 0 Å². The maximum Gasteiger partial charge on any atom is 0.414 e. The summed E-state index contributed by atoms with van der Waals surface area (Å²) in [6.07, 6.45) is -5.85. The molecular formula is C7H12F3NO. The molecule has 1 aliphatic heterocycles. The molecule has 0 radical (unpaired) electrons. The smallest absolute Gasteiger partial charge is 0.365 e. The Morgan fingerprint density at radius 3 is 2.42 bits per heavy atom. The van der Waals surface area contributed by atoms with E-state index in [1.807, 2.05) is 0 Å². The van der Waals surface area contributed by atoms with E-state index in [1.54, 1.807) is 6.92 Å². The van der Waals surface area contributed by atoms with Crippen molar-refractivity contribution in [3.8, 4) is 0 Å². The Bertz CT molecular complexity index is 159. The molecule has 0 saturated carbocycles. The second-order valence-corrected chi connectivity index (χ2v) is 3.14. The molecule has 0 aliphatic carbocycles. The molecule has 1 fully saturated rings. The van der Waals surface area contributed by atoms with Crippen LogP contribution in [0.4, 0.5) is 13.2 Å². The van der Waals surface area contributed by atoms with Crippen molar-refractivity contribution in [2.75, 3.05) is 6.54 Å². The molecule has 2 nitrogen and oxygen atoms in total. The minimum absolute atomic E-state index is 0.0362. The average molecular weight is 183 g/mol. The molecule has 1 aliphatic rings. The topological polar surface area (TPSA) is 35.2 Å². The number of nitrogens with two attached hydrogens (primary N) is 1.